The number of esters is 4. The normalized spacial score (nSPS) is 14.3. The van der Waals surface area contributed by atoms with Crippen molar-refractivity contribution in [2.24, 2.45) is 17.8 Å². The van der Waals surface area contributed by atoms with Gasteiger partial charge >= 0.3 is 39.5 Å². The molecule has 0 radical (unpaired) electrons. The van der Waals surface area contributed by atoms with Crippen LogP contribution in [0.25, 0.3) is 0 Å². The molecule has 98 heavy (non-hydrogen) atoms. The van der Waals surface area contributed by atoms with Gasteiger partial charge in [-0.2, -0.15) is 0 Å². The van der Waals surface area contributed by atoms with E-state index in [4.69, 9.17) is 37.0 Å². The third-order valence-corrected chi connectivity index (χ3v) is 20.6. The van der Waals surface area contributed by atoms with E-state index in [0.717, 1.165) is 120 Å². The lowest BCUT2D eigenvalue weighted by atomic mass is 9.99. The molecule has 0 aliphatic rings. The molecule has 0 aliphatic heterocycles. The molecule has 17 nitrogen and oxygen atoms in total. The molecule has 0 saturated carbocycles. The van der Waals surface area contributed by atoms with Crippen molar-refractivity contribution in [2.75, 3.05) is 39.6 Å². The number of phosphoric ester groups is 2. The van der Waals surface area contributed by atoms with Crippen LogP contribution in [0.15, 0.2) is 0 Å². The number of aliphatic hydroxyl groups is 1. The Balaban J connectivity index is 5.19. The Bertz CT molecular complexity index is 1910. The third-order valence-electron chi connectivity index (χ3n) is 18.7. The van der Waals surface area contributed by atoms with Crippen molar-refractivity contribution < 1.29 is 80.2 Å². The second-order valence-corrected chi connectivity index (χ2v) is 32.6. The second kappa shape index (κ2) is 69.4. The summed E-state index contributed by atoms with van der Waals surface area (Å²) in [4.78, 5) is 72.8. The lowest BCUT2D eigenvalue weighted by molar-refractivity contribution is -0.161. The van der Waals surface area contributed by atoms with Gasteiger partial charge < -0.3 is 33.8 Å². The third kappa shape index (κ3) is 71.1. The number of carbonyl (C=O) groups excluding carboxylic acids is 4. The fourth-order valence-electron chi connectivity index (χ4n) is 12.1. The predicted molar refractivity (Wildman–Crippen MR) is 400 cm³/mol. The van der Waals surface area contributed by atoms with E-state index < -0.39 is 97.5 Å². The molecule has 0 aliphatic carbocycles. The van der Waals surface area contributed by atoms with E-state index >= 15 is 0 Å². The highest BCUT2D eigenvalue weighted by Gasteiger charge is 2.30. The van der Waals surface area contributed by atoms with Crippen LogP contribution in [0.1, 0.15) is 408 Å². The van der Waals surface area contributed by atoms with Crippen LogP contribution < -0.4 is 0 Å². The SMILES string of the molecule is CCCCCCCCCC(=O)OC[C@H](COP(=O)(O)OC[C@H](O)COP(=O)(O)OC[C@@H](COC(=O)CCCCCCCCCCCCCCCCCC(C)C)OC(=O)CCCCCCCCCCCCCCCCCCC(C)C)OC(=O)CCCCCCCCCCCCC(C)CC. The number of hydrogen-bond donors (Lipinski definition) is 3. The molecule has 0 bridgehead atoms. The average molecular weight is 1440 g/mol. The molecule has 3 unspecified atom stereocenters. The van der Waals surface area contributed by atoms with Crippen molar-refractivity contribution >= 4 is 39.5 Å². The molecule has 0 fully saturated rings. The molecular formula is C79H154O17P2. The zero-order valence-corrected chi connectivity index (χ0v) is 66.0. The number of unbranched alkanes of at least 4 members (excludes halogenated alkanes) is 44. The summed E-state index contributed by atoms with van der Waals surface area (Å²) in [6.07, 6.45) is 57.0. The van der Waals surface area contributed by atoms with Crippen LogP contribution in [0.2, 0.25) is 0 Å². The van der Waals surface area contributed by atoms with E-state index in [1.165, 1.54) is 205 Å². The summed E-state index contributed by atoms with van der Waals surface area (Å²) in [6, 6.07) is 0. The van der Waals surface area contributed by atoms with E-state index in [1.54, 1.807) is 0 Å². The van der Waals surface area contributed by atoms with Gasteiger partial charge in [-0.1, -0.05) is 357 Å². The first kappa shape index (κ1) is 96.1. The lowest BCUT2D eigenvalue weighted by Crippen LogP contribution is -2.30. The quantitative estimate of drug-likeness (QED) is 0.0222. The van der Waals surface area contributed by atoms with Crippen LogP contribution in [0.3, 0.4) is 0 Å². The van der Waals surface area contributed by atoms with Gasteiger partial charge in [-0.25, -0.2) is 9.13 Å². The summed E-state index contributed by atoms with van der Waals surface area (Å²) in [5, 5.41) is 10.6. The Hall–Kier alpha value is -1.94. The first-order valence-electron chi connectivity index (χ1n) is 40.9. The zero-order valence-electron chi connectivity index (χ0n) is 64.3. The van der Waals surface area contributed by atoms with E-state index in [-0.39, 0.29) is 25.7 Å². The van der Waals surface area contributed by atoms with Gasteiger partial charge in [0.05, 0.1) is 26.4 Å². The van der Waals surface area contributed by atoms with Crippen molar-refractivity contribution in [3.8, 4) is 0 Å². The van der Waals surface area contributed by atoms with Crippen LogP contribution in [0.5, 0.6) is 0 Å². The van der Waals surface area contributed by atoms with E-state index in [0.29, 0.717) is 25.7 Å². The van der Waals surface area contributed by atoms with E-state index in [9.17, 15) is 43.2 Å². The molecular weight excluding hydrogens is 1280 g/mol. The minimum Gasteiger partial charge on any atom is -0.462 e. The van der Waals surface area contributed by atoms with Crippen molar-refractivity contribution in [3.05, 3.63) is 0 Å². The topological polar surface area (TPSA) is 237 Å². The summed E-state index contributed by atoms with van der Waals surface area (Å²) < 4.78 is 68.5. The lowest BCUT2D eigenvalue weighted by Gasteiger charge is -2.21. The molecule has 0 saturated heterocycles. The molecule has 0 aromatic heterocycles. The van der Waals surface area contributed by atoms with Crippen molar-refractivity contribution in [3.63, 3.8) is 0 Å². The Labute approximate surface area is 600 Å². The number of rotatable bonds is 77. The molecule has 0 spiro atoms. The maximum Gasteiger partial charge on any atom is 0.472 e. The zero-order chi connectivity index (χ0) is 72.3. The summed E-state index contributed by atoms with van der Waals surface area (Å²) in [5.41, 5.74) is 0. The smallest absolute Gasteiger partial charge is 0.462 e. The average Bonchev–Trinajstić information content (AvgIpc) is 0.981. The maximum absolute atomic E-state index is 13.1. The Morgan fingerprint density at radius 3 is 0.776 bits per heavy atom. The van der Waals surface area contributed by atoms with Gasteiger partial charge in [-0.05, 0) is 43.4 Å². The van der Waals surface area contributed by atoms with Crippen molar-refractivity contribution in [1.29, 1.82) is 0 Å². The predicted octanol–water partition coefficient (Wildman–Crippen LogP) is 23.4. The summed E-state index contributed by atoms with van der Waals surface area (Å²) in [5.74, 6) is 0.301. The van der Waals surface area contributed by atoms with E-state index in [1.807, 2.05) is 0 Å². The van der Waals surface area contributed by atoms with Crippen molar-refractivity contribution in [2.45, 2.75) is 426 Å². The van der Waals surface area contributed by atoms with Crippen LogP contribution in [0.4, 0.5) is 0 Å². The molecule has 0 amide bonds. The number of phosphoric acid groups is 2. The van der Waals surface area contributed by atoms with Gasteiger partial charge in [0.15, 0.2) is 12.2 Å². The highest BCUT2D eigenvalue weighted by molar-refractivity contribution is 7.47. The minimum atomic E-state index is -4.96. The highest BCUT2D eigenvalue weighted by atomic mass is 31.2. The monoisotopic (exact) mass is 1440 g/mol. The van der Waals surface area contributed by atoms with Gasteiger partial charge in [-0.15, -0.1) is 0 Å². The van der Waals surface area contributed by atoms with Crippen LogP contribution in [0, 0.1) is 17.8 Å². The minimum absolute atomic E-state index is 0.106. The van der Waals surface area contributed by atoms with Gasteiger partial charge in [0.1, 0.15) is 19.3 Å². The molecule has 0 aromatic carbocycles. The van der Waals surface area contributed by atoms with Crippen LogP contribution >= 0.6 is 15.6 Å². The van der Waals surface area contributed by atoms with Crippen LogP contribution in [-0.2, 0) is 65.4 Å². The number of carbonyl (C=O) groups is 4. The summed E-state index contributed by atoms with van der Waals surface area (Å²) in [7, 11) is -9.91. The first-order chi connectivity index (χ1) is 47.3. The van der Waals surface area contributed by atoms with Crippen molar-refractivity contribution in [1.82, 2.24) is 0 Å². The highest BCUT2D eigenvalue weighted by Crippen LogP contribution is 2.45. The van der Waals surface area contributed by atoms with Gasteiger partial charge in [-0.3, -0.25) is 37.3 Å². The molecule has 0 rings (SSSR count). The maximum atomic E-state index is 13.1. The van der Waals surface area contributed by atoms with Gasteiger partial charge in [0.2, 0.25) is 0 Å². The Morgan fingerprint density at radius 2 is 0.520 bits per heavy atom. The molecule has 3 N–H and O–H groups in total. The number of aliphatic hydroxyl groups excluding tert-OH is 1. The summed E-state index contributed by atoms with van der Waals surface area (Å²) in [6.45, 7) is 12.0. The van der Waals surface area contributed by atoms with Crippen LogP contribution in [-0.4, -0.2) is 96.7 Å². The number of ether oxygens (including phenoxy) is 4. The summed E-state index contributed by atoms with van der Waals surface area (Å²) >= 11 is 0. The molecule has 19 heteroatoms. The fourth-order valence-corrected chi connectivity index (χ4v) is 13.7. The molecule has 0 aromatic rings. The Kier molecular flexibility index (Phi) is 68.1. The standard InChI is InChI=1S/C79H154O17P2/c1-8-10-11-12-36-46-53-60-76(81)89-66-74(95-79(84)63-56-49-42-35-29-28-32-39-45-52-59-72(7)9-2)68-93-97(85,86)91-64-73(80)65-92-98(87,88)94-69-75(67-90-77(82)61-54-47-40-33-26-22-19-15-17-21-25-31-38-44-51-58-71(5)6)96-78(83)62-55-48-41-34-27-23-18-14-13-16-20-24-30-37-43-50-57-70(3)4/h70-75,80H,8-69H2,1-7H3,(H,85,86)(H,87,88)/t72?,73-,74+,75+/m0/s1. The molecule has 582 valence electrons. The Morgan fingerprint density at radius 1 is 0.296 bits per heavy atom. The van der Waals surface area contributed by atoms with E-state index in [2.05, 4.69) is 48.5 Å². The second-order valence-electron chi connectivity index (χ2n) is 29.6. The number of hydrogen-bond acceptors (Lipinski definition) is 15. The fraction of sp³-hybridized carbons (Fsp3) is 0.949. The van der Waals surface area contributed by atoms with Gasteiger partial charge in [0.25, 0.3) is 0 Å². The van der Waals surface area contributed by atoms with Gasteiger partial charge in [0, 0.05) is 25.7 Å². The molecule has 0 heterocycles. The molecule has 6 atom stereocenters. The first-order valence-corrected chi connectivity index (χ1v) is 43.9. The largest absolute Gasteiger partial charge is 0.472 e.